The molecule has 2 nitrogen and oxygen atoms in total. The van der Waals surface area contributed by atoms with Crippen molar-refractivity contribution in [3.63, 3.8) is 0 Å². The zero-order valence-electron chi connectivity index (χ0n) is 11.0. The van der Waals surface area contributed by atoms with Gasteiger partial charge in [-0.1, -0.05) is 30.3 Å². The van der Waals surface area contributed by atoms with Crippen LogP contribution < -0.4 is 0 Å². The van der Waals surface area contributed by atoms with Gasteiger partial charge in [-0.2, -0.15) is 0 Å². The number of hydrogen-bond donors (Lipinski definition) is 1. The van der Waals surface area contributed by atoms with Crippen molar-refractivity contribution >= 4 is 0 Å². The standard InChI is InChI=1S/C16H21NO/c1-15-12-7-8-14(15)16(18,11-17(15)10-9-12)13-5-3-2-4-6-13/h2-6,12,14,18H,7-11H2,1H3/t12-,14-,15+,16-/m0/s1. The monoisotopic (exact) mass is 243 g/mol. The van der Waals surface area contributed by atoms with Crippen molar-refractivity contribution in [2.45, 2.75) is 37.3 Å². The van der Waals surface area contributed by atoms with Crippen LogP contribution >= 0.6 is 0 Å². The lowest BCUT2D eigenvalue weighted by Gasteiger charge is -2.34. The van der Waals surface area contributed by atoms with Crippen molar-refractivity contribution in [3.8, 4) is 0 Å². The number of β-amino-alcohol motifs (C(OH)–C–C–N with tert-alkyl or cyclic N) is 1. The maximum atomic E-state index is 11.3. The van der Waals surface area contributed by atoms with E-state index in [9.17, 15) is 5.11 Å². The third-order valence-corrected chi connectivity index (χ3v) is 6.05. The van der Waals surface area contributed by atoms with E-state index < -0.39 is 5.60 Å². The molecule has 3 aliphatic rings. The molecule has 4 atom stereocenters. The molecule has 0 aromatic heterocycles. The highest BCUT2D eigenvalue weighted by molar-refractivity contribution is 5.31. The summed E-state index contributed by atoms with van der Waals surface area (Å²) in [6.07, 6.45) is 3.81. The van der Waals surface area contributed by atoms with E-state index in [4.69, 9.17) is 0 Å². The van der Waals surface area contributed by atoms with Crippen LogP contribution in [0.25, 0.3) is 0 Å². The molecular weight excluding hydrogens is 222 g/mol. The lowest BCUT2D eigenvalue weighted by atomic mass is 9.75. The highest BCUT2D eigenvalue weighted by atomic mass is 16.3. The minimum absolute atomic E-state index is 0.255. The van der Waals surface area contributed by atoms with Crippen molar-refractivity contribution in [2.24, 2.45) is 11.8 Å². The second kappa shape index (κ2) is 3.37. The fraction of sp³-hybridized carbons (Fsp3) is 0.625. The van der Waals surface area contributed by atoms with E-state index >= 15 is 0 Å². The Kier molecular flexibility index (Phi) is 2.06. The Morgan fingerprint density at radius 2 is 1.94 bits per heavy atom. The molecule has 2 heteroatoms. The Morgan fingerprint density at radius 1 is 1.17 bits per heavy atom. The summed E-state index contributed by atoms with van der Waals surface area (Å²) < 4.78 is 0. The van der Waals surface area contributed by atoms with Gasteiger partial charge in [0.1, 0.15) is 5.60 Å². The van der Waals surface area contributed by atoms with Gasteiger partial charge in [-0.15, -0.1) is 0 Å². The maximum Gasteiger partial charge on any atom is 0.107 e. The molecule has 4 rings (SSSR count). The molecule has 96 valence electrons. The molecule has 0 unspecified atom stereocenters. The SMILES string of the molecule is C[C@@]12[C@H]3CC[C@@H]1[C@@](O)(c1ccccc1)CN2CC3. The highest BCUT2D eigenvalue weighted by Crippen LogP contribution is 2.61. The van der Waals surface area contributed by atoms with Crippen LogP contribution in [0.2, 0.25) is 0 Å². The van der Waals surface area contributed by atoms with Gasteiger partial charge in [0.2, 0.25) is 0 Å². The summed E-state index contributed by atoms with van der Waals surface area (Å²) in [4.78, 5) is 2.56. The van der Waals surface area contributed by atoms with Crippen molar-refractivity contribution in [3.05, 3.63) is 35.9 Å². The smallest absolute Gasteiger partial charge is 0.107 e. The molecule has 2 saturated heterocycles. The molecule has 0 bridgehead atoms. The number of aliphatic hydroxyl groups is 1. The summed E-state index contributed by atoms with van der Waals surface area (Å²) in [6, 6.07) is 10.3. The predicted molar refractivity (Wildman–Crippen MR) is 71.1 cm³/mol. The summed E-state index contributed by atoms with van der Waals surface area (Å²) in [7, 11) is 0. The molecule has 0 amide bonds. The van der Waals surface area contributed by atoms with Crippen molar-refractivity contribution in [1.82, 2.24) is 4.90 Å². The van der Waals surface area contributed by atoms with Crippen LogP contribution in [-0.2, 0) is 5.60 Å². The van der Waals surface area contributed by atoms with Gasteiger partial charge in [-0.25, -0.2) is 0 Å². The van der Waals surface area contributed by atoms with Gasteiger partial charge in [-0.3, -0.25) is 4.90 Å². The van der Waals surface area contributed by atoms with E-state index in [1.54, 1.807) is 0 Å². The molecule has 1 saturated carbocycles. The minimum atomic E-state index is -0.620. The summed E-state index contributed by atoms with van der Waals surface area (Å²) in [5.41, 5.74) is 0.752. The zero-order valence-corrected chi connectivity index (χ0v) is 11.0. The first-order valence-electron chi connectivity index (χ1n) is 7.18. The highest BCUT2D eigenvalue weighted by Gasteiger charge is 2.66. The predicted octanol–water partition coefficient (Wildman–Crippen LogP) is 2.38. The van der Waals surface area contributed by atoms with Crippen molar-refractivity contribution in [2.75, 3.05) is 13.1 Å². The van der Waals surface area contributed by atoms with Crippen LogP contribution in [0.3, 0.4) is 0 Å². The van der Waals surface area contributed by atoms with Crippen molar-refractivity contribution in [1.29, 1.82) is 0 Å². The molecule has 1 aromatic carbocycles. The number of hydrogen-bond acceptors (Lipinski definition) is 2. The molecule has 3 fully saturated rings. The summed E-state index contributed by atoms with van der Waals surface area (Å²) in [5.74, 6) is 1.22. The van der Waals surface area contributed by atoms with Gasteiger partial charge in [0, 0.05) is 18.0 Å². The Hall–Kier alpha value is -0.860. The van der Waals surface area contributed by atoms with Gasteiger partial charge in [0.25, 0.3) is 0 Å². The topological polar surface area (TPSA) is 23.5 Å². The molecule has 1 N–H and O–H groups in total. The fourth-order valence-corrected chi connectivity index (χ4v) is 5.10. The zero-order chi connectivity index (χ0) is 12.4. The molecule has 0 spiro atoms. The Balaban J connectivity index is 1.81. The van der Waals surface area contributed by atoms with Crippen LogP contribution in [0, 0.1) is 11.8 Å². The third-order valence-electron chi connectivity index (χ3n) is 6.05. The van der Waals surface area contributed by atoms with E-state index in [0.29, 0.717) is 5.92 Å². The molecule has 2 heterocycles. The van der Waals surface area contributed by atoms with Crippen molar-refractivity contribution < 1.29 is 5.11 Å². The summed E-state index contributed by atoms with van der Waals surface area (Å²) >= 11 is 0. The van der Waals surface area contributed by atoms with Crippen LogP contribution in [0.15, 0.2) is 30.3 Å². The number of nitrogens with zero attached hydrogens (tertiary/aromatic N) is 1. The third kappa shape index (κ3) is 1.11. The van der Waals surface area contributed by atoms with E-state index in [2.05, 4.69) is 24.0 Å². The lowest BCUT2D eigenvalue weighted by Crippen LogP contribution is -2.42. The average Bonchev–Trinajstić information content (AvgIpc) is 2.95. The summed E-state index contributed by atoms with van der Waals surface area (Å²) in [5, 5.41) is 11.3. The molecule has 0 radical (unpaired) electrons. The largest absolute Gasteiger partial charge is 0.383 e. The van der Waals surface area contributed by atoms with E-state index in [1.807, 2.05) is 18.2 Å². The Morgan fingerprint density at radius 3 is 2.72 bits per heavy atom. The van der Waals surface area contributed by atoms with E-state index in [-0.39, 0.29) is 5.54 Å². The van der Waals surface area contributed by atoms with E-state index in [1.165, 1.54) is 25.8 Å². The minimum Gasteiger partial charge on any atom is -0.383 e. The second-order valence-electron chi connectivity index (χ2n) is 6.55. The van der Waals surface area contributed by atoms with Gasteiger partial charge < -0.3 is 5.11 Å². The fourth-order valence-electron chi connectivity index (χ4n) is 5.10. The Labute approximate surface area is 109 Å². The van der Waals surface area contributed by atoms with E-state index in [0.717, 1.165) is 18.0 Å². The lowest BCUT2D eigenvalue weighted by molar-refractivity contribution is -0.000678. The molecule has 1 aliphatic carbocycles. The van der Waals surface area contributed by atoms with Gasteiger partial charge >= 0.3 is 0 Å². The number of benzene rings is 1. The first-order valence-corrected chi connectivity index (χ1v) is 7.18. The van der Waals surface area contributed by atoms with Crippen LogP contribution in [0.4, 0.5) is 0 Å². The maximum absolute atomic E-state index is 11.3. The molecule has 2 aliphatic heterocycles. The van der Waals surface area contributed by atoms with Crippen LogP contribution in [-0.4, -0.2) is 28.6 Å². The quantitative estimate of drug-likeness (QED) is 0.818. The van der Waals surface area contributed by atoms with Gasteiger partial charge in [-0.05, 0) is 44.2 Å². The van der Waals surface area contributed by atoms with Crippen LogP contribution in [0.1, 0.15) is 31.7 Å². The molecular formula is C16H21NO. The molecule has 18 heavy (non-hydrogen) atoms. The average molecular weight is 243 g/mol. The number of rotatable bonds is 1. The van der Waals surface area contributed by atoms with Crippen LogP contribution in [0.5, 0.6) is 0 Å². The van der Waals surface area contributed by atoms with Gasteiger partial charge in [0.05, 0.1) is 0 Å². The first-order chi connectivity index (χ1) is 8.65. The first kappa shape index (κ1) is 11.0. The Bertz CT molecular complexity index is 473. The second-order valence-corrected chi connectivity index (χ2v) is 6.55. The normalized spacial score (nSPS) is 46.6. The van der Waals surface area contributed by atoms with Gasteiger partial charge in [0.15, 0.2) is 0 Å². The summed E-state index contributed by atoms with van der Waals surface area (Å²) in [6.45, 7) is 4.39. The molecule has 1 aromatic rings.